The van der Waals surface area contributed by atoms with E-state index in [0.717, 1.165) is 36.3 Å². The van der Waals surface area contributed by atoms with Crippen LogP contribution in [0, 0.1) is 0 Å². The van der Waals surface area contributed by atoms with E-state index in [0.29, 0.717) is 12.2 Å². The second kappa shape index (κ2) is 6.57. The quantitative estimate of drug-likeness (QED) is 0.743. The average Bonchev–Trinajstić information content (AvgIpc) is 2.88. The number of quaternary nitrogens is 1. The molecular weight excluding hydrogens is 384 g/mol. The van der Waals surface area contributed by atoms with E-state index in [1.54, 1.807) is 11.0 Å². The van der Waals surface area contributed by atoms with E-state index in [9.17, 15) is 9.59 Å². The number of carbonyl (C=O) groups is 2. The number of Topliss-reactive ketones (excluding diaryl/α,β-unsaturated/α-hetero) is 1. The summed E-state index contributed by atoms with van der Waals surface area (Å²) < 4.78 is 0.815. The maximum Gasteiger partial charge on any atom is 0.303 e. The molecule has 2 aliphatic heterocycles. The van der Waals surface area contributed by atoms with Gasteiger partial charge < -0.3 is 9.80 Å². The molecule has 1 aromatic heterocycles. The standard InChI is InChI=1S/C18H17BrN4O2/c19-13-1-2-16-15(11-13)17(24)18(25)23(16)12-21-7-9-22(10-8-21)14-3-5-20-6-4-14/h1-6,11H,7-10,12H2/p+2. The van der Waals surface area contributed by atoms with E-state index in [2.05, 4.69) is 37.9 Å². The van der Waals surface area contributed by atoms with Crippen LogP contribution in [0.4, 0.5) is 11.4 Å². The number of carbonyl (C=O) groups excluding carboxylic acids is 2. The third-order valence-corrected chi connectivity index (χ3v) is 5.34. The van der Waals surface area contributed by atoms with Crippen molar-refractivity contribution in [2.75, 3.05) is 42.6 Å². The van der Waals surface area contributed by atoms with Crippen molar-refractivity contribution in [2.45, 2.75) is 0 Å². The molecule has 128 valence electrons. The SMILES string of the molecule is O=C1C(=O)N(C[NH+]2CCN(c3cc[nH+]cc3)CC2)c2ccc(Br)cc21. The van der Waals surface area contributed by atoms with E-state index in [4.69, 9.17) is 0 Å². The van der Waals surface area contributed by atoms with Crippen molar-refractivity contribution < 1.29 is 19.5 Å². The van der Waals surface area contributed by atoms with Gasteiger partial charge >= 0.3 is 5.91 Å². The van der Waals surface area contributed by atoms with Crippen LogP contribution in [0.1, 0.15) is 10.4 Å². The van der Waals surface area contributed by atoms with Crippen molar-refractivity contribution in [2.24, 2.45) is 0 Å². The molecule has 0 unspecified atom stereocenters. The summed E-state index contributed by atoms with van der Waals surface area (Å²) >= 11 is 3.36. The van der Waals surface area contributed by atoms with Gasteiger partial charge in [-0.15, -0.1) is 0 Å². The minimum absolute atomic E-state index is 0.408. The lowest BCUT2D eigenvalue weighted by atomic mass is 10.1. The molecule has 6 nitrogen and oxygen atoms in total. The number of fused-ring (bicyclic) bond motifs is 1. The second-order valence-electron chi connectivity index (χ2n) is 6.38. The van der Waals surface area contributed by atoms with Crippen LogP contribution in [0.3, 0.4) is 0 Å². The summed E-state index contributed by atoms with van der Waals surface area (Å²) in [6.07, 6.45) is 3.86. The van der Waals surface area contributed by atoms with Gasteiger partial charge in [0.1, 0.15) is 0 Å². The van der Waals surface area contributed by atoms with Crippen LogP contribution in [0.5, 0.6) is 0 Å². The Kier molecular flexibility index (Phi) is 4.27. The lowest BCUT2D eigenvalue weighted by Crippen LogP contribution is -3.16. The molecule has 2 aromatic rings. The molecular formula is C18H19BrN4O2+2. The molecule has 7 heteroatoms. The third-order valence-electron chi connectivity index (χ3n) is 4.85. The van der Waals surface area contributed by atoms with Gasteiger partial charge in [0.05, 0.1) is 37.4 Å². The largest absolute Gasteiger partial charge is 0.360 e. The number of piperazine rings is 1. The number of nitrogens with one attached hydrogen (secondary N) is 2. The first-order valence-electron chi connectivity index (χ1n) is 8.34. The zero-order valence-electron chi connectivity index (χ0n) is 13.7. The number of pyridine rings is 1. The number of nitrogens with zero attached hydrogens (tertiary/aromatic N) is 2. The predicted octanol–water partition coefficient (Wildman–Crippen LogP) is 0.155. The van der Waals surface area contributed by atoms with Crippen LogP contribution in [0.2, 0.25) is 0 Å². The van der Waals surface area contributed by atoms with Gasteiger partial charge in [-0.1, -0.05) is 15.9 Å². The maximum atomic E-state index is 12.4. The molecule has 0 saturated carbocycles. The molecule has 2 aliphatic rings. The van der Waals surface area contributed by atoms with Gasteiger partial charge in [0.2, 0.25) is 0 Å². The van der Waals surface area contributed by atoms with Crippen molar-refractivity contribution in [3.8, 4) is 0 Å². The molecule has 1 aromatic carbocycles. The van der Waals surface area contributed by atoms with Crippen LogP contribution in [-0.2, 0) is 4.79 Å². The summed E-state index contributed by atoms with van der Waals surface area (Å²) in [5, 5.41) is 0. The smallest absolute Gasteiger partial charge is 0.303 e. The van der Waals surface area contributed by atoms with E-state index in [1.165, 1.54) is 10.6 Å². The van der Waals surface area contributed by atoms with Crippen molar-refractivity contribution in [1.82, 2.24) is 0 Å². The van der Waals surface area contributed by atoms with Crippen molar-refractivity contribution >= 4 is 39.0 Å². The van der Waals surface area contributed by atoms with Crippen LogP contribution in [0.25, 0.3) is 0 Å². The molecule has 1 fully saturated rings. The van der Waals surface area contributed by atoms with E-state index in [1.807, 2.05) is 24.5 Å². The minimum atomic E-state index is -0.415. The molecule has 0 bridgehead atoms. The normalized spacial score (nSPS) is 18.0. The van der Waals surface area contributed by atoms with Gasteiger partial charge in [-0.2, -0.15) is 0 Å². The molecule has 2 N–H and O–H groups in total. The highest BCUT2D eigenvalue weighted by Gasteiger charge is 2.38. The minimum Gasteiger partial charge on any atom is -0.360 e. The molecule has 4 rings (SSSR count). The van der Waals surface area contributed by atoms with Crippen molar-refractivity contribution in [3.63, 3.8) is 0 Å². The fourth-order valence-electron chi connectivity index (χ4n) is 3.48. The Labute approximate surface area is 154 Å². The van der Waals surface area contributed by atoms with Crippen LogP contribution in [0.15, 0.2) is 47.2 Å². The van der Waals surface area contributed by atoms with Crippen LogP contribution >= 0.6 is 15.9 Å². The number of aromatic amines is 1. The monoisotopic (exact) mass is 402 g/mol. The number of rotatable bonds is 3. The van der Waals surface area contributed by atoms with E-state index < -0.39 is 11.7 Å². The summed E-state index contributed by atoms with van der Waals surface area (Å²) in [4.78, 5) is 32.9. The number of amides is 1. The van der Waals surface area contributed by atoms with Gasteiger partial charge in [0, 0.05) is 22.3 Å². The van der Waals surface area contributed by atoms with Crippen LogP contribution < -0.4 is 19.7 Å². The molecule has 25 heavy (non-hydrogen) atoms. The Morgan fingerprint density at radius 1 is 1.08 bits per heavy atom. The Bertz CT molecular complexity index is 819. The number of halogens is 1. The first-order valence-corrected chi connectivity index (χ1v) is 9.13. The fraction of sp³-hybridized carbons (Fsp3) is 0.278. The number of anilines is 2. The Hall–Kier alpha value is -2.25. The number of H-pyrrole nitrogens is 1. The highest BCUT2D eigenvalue weighted by atomic mass is 79.9. The number of hydrogen-bond donors (Lipinski definition) is 1. The zero-order chi connectivity index (χ0) is 17.4. The van der Waals surface area contributed by atoms with Gasteiger partial charge in [-0.3, -0.25) is 14.5 Å². The predicted molar refractivity (Wildman–Crippen MR) is 96.7 cm³/mol. The van der Waals surface area contributed by atoms with Gasteiger partial charge in [0.25, 0.3) is 5.78 Å². The summed E-state index contributed by atoms with van der Waals surface area (Å²) in [7, 11) is 0. The summed E-state index contributed by atoms with van der Waals surface area (Å²) in [5.74, 6) is -0.823. The first kappa shape index (κ1) is 16.2. The highest BCUT2D eigenvalue weighted by Crippen LogP contribution is 2.30. The Balaban J connectivity index is 1.44. The zero-order valence-corrected chi connectivity index (χ0v) is 15.3. The Morgan fingerprint density at radius 3 is 2.52 bits per heavy atom. The Morgan fingerprint density at radius 2 is 1.80 bits per heavy atom. The van der Waals surface area contributed by atoms with E-state index in [-0.39, 0.29) is 0 Å². The lowest BCUT2D eigenvalue weighted by Gasteiger charge is -2.34. The topological polar surface area (TPSA) is 59.2 Å². The van der Waals surface area contributed by atoms with Gasteiger partial charge in [-0.25, -0.2) is 4.98 Å². The molecule has 1 amide bonds. The van der Waals surface area contributed by atoms with E-state index >= 15 is 0 Å². The molecule has 0 atom stereocenters. The average molecular weight is 403 g/mol. The molecule has 1 saturated heterocycles. The third kappa shape index (κ3) is 3.05. The summed E-state index contributed by atoms with van der Waals surface area (Å²) in [5.41, 5.74) is 2.44. The van der Waals surface area contributed by atoms with Gasteiger partial charge in [0.15, 0.2) is 19.1 Å². The molecule has 0 spiro atoms. The molecule has 0 aliphatic carbocycles. The maximum absolute atomic E-state index is 12.4. The number of ketones is 1. The summed E-state index contributed by atoms with van der Waals surface area (Å²) in [6.45, 7) is 4.27. The van der Waals surface area contributed by atoms with Crippen molar-refractivity contribution in [1.29, 1.82) is 0 Å². The molecule has 3 heterocycles. The fourth-order valence-corrected chi connectivity index (χ4v) is 3.84. The molecule has 0 radical (unpaired) electrons. The number of aromatic nitrogens is 1. The number of hydrogen-bond acceptors (Lipinski definition) is 3. The number of benzene rings is 1. The van der Waals surface area contributed by atoms with Gasteiger partial charge in [-0.05, 0) is 18.2 Å². The second-order valence-corrected chi connectivity index (χ2v) is 7.29. The highest BCUT2D eigenvalue weighted by molar-refractivity contribution is 9.10. The lowest BCUT2D eigenvalue weighted by molar-refractivity contribution is -0.899. The summed E-state index contributed by atoms with van der Waals surface area (Å²) in [6, 6.07) is 9.59. The first-order chi connectivity index (χ1) is 12.1. The van der Waals surface area contributed by atoms with Crippen LogP contribution in [-0.4, -0.2) is 44.5 Å². The van der Waals surface area contributed by atoms with Crippen molar-refractivity contribution in [3.05, 3.63) is 52.8 Å².